The molecule has 0 aromatic heterocycles. The van der Waals surface area contributed by atoms with Crippen molar-refractivity contribution in [1.29, 1.82) is 0 Å². The van der Waals surface area contributed by atoms with E-state index in [9.17, 15) is 26.4 Å². The van der Waals surface area contributed by atoms with Crippen molar-refractivity contribution < 1.29 is 31.1 Å². The first-order valence-corrected chi connectivity index (χ1v) is 8.90. The molecule has 1 aromatic rings. The molecule has 2 aliphatic heterocycles. The third-order valence-electron chi connectivity index (χ3n) is 4.08. The Morgan fingerprint density at radius 2 is 1.88 bits per heavy atom. The molecule has 2 unspecified atom stereocenters. The molecule has 2 bridgehead atoms. The number of carbonyl (C=O) groups excluding carboxylic acids is 1. The minimum atomic E-state index is -4.80. The molecule has 2 heterocycles. The fourth-order valence-corrected chi connectivity index (χ4v) is 5.11. The average molecular weight is 364 g/mol. The first-order valence-electron chi connectivity index (χ1n) is 7.29. The maximum Gasteiger partial charge on any atom is 0.573 e. The van der Waals surface area contributed by atoms with Gasteiger partial charge in [0, 0.05) is 12.6 Å². The van der Waals surface area contributed by atoms with Crippen LogP contribution >= 0.6 is 0 Å². The van der Waals surface area contributed by atoms with Crippen LogP contribution in [0, 0.1) is 0 Å². The smallest absolute Gasteiger partial charge is 0.406 e. The monoisotopic (exact) mass is 364 g/mol. The Bertz CT molecular complexity index is 733. The number of rotatable bonds is 4. The molecule has 1 N–H and O–H groups in total. The summed E-state index contributed by atoms with van der Waals surface area (Å²) in [7, 11) is -3.74. The maximum atomic E-state index is 12.6. The Hall–Kier alpha value is -1.81. The molecule has 24 heavy (non-hydrogen) atoms. The lowest BCUT2D eigenvalue weighted by molar-refractivity contribution is -0.274. The Balaban J connectivity index is 1.74. The van der Waals surface area contributed by atoms with Gasteiger partial charge in [0.1, 0.15) is 11.8 Å². The minimum Gasteiger partial charge on any atom is -0.406 e. The van der Waals surface area contributed by atoms with Crippen molar-refractivity contribution in [2.45, 2.75) is 37.0 Å². The zero-order valence-corrected chi connectivity index (χ0v) is 13.2. The van der Waals surface area contributed by atoms with Crippen molar-refractivity contribution in [3.05, 3.63) is 29.8 Å². The van der Waals surface area contributed by atoms with E-state index in [1.54, 1.807) is 0 Å². The number of fused-ring (bicyclic) bond motifs is 2. The Morgan fingerprint density at radius 1 is 1.21 bits per heavy atom. The molecule has 1 aromatic carbocycles. The Labute approximate surface area is 136 Å². The molecule has 2 saturated heterocycles. The fourth-order valence-electron chi connectivity index (χ4n) is 3.13. The molecule has 0 spiro atoms. The van der Waals surface area contributed by atoms with E-state index in [-0.39, 0.29) is 24.2 Å². The van der Waals surface area contributed by atoms with Crippen LogP contribution in [0.3, 0.4) is 0 Å². The van der Waals surface area contributed by atoms with Gasteiger partial charge in [-0.25, -0.2) is 8.42 Å². The quantitative estimate of drug-likeness (QED) is 0.876. The number of piperazine rings is 1. The number of nitrogens with zero attached hydrogens (tertiary/aromatic N) is 1. The van der Waals surface area contributed by atoms with Crippen molar-refractivity contribution in [3.8, 4) is 5.75 Å². The van der Waals surface area contributed by atoms with E-state index in [1.807, 2.05) is 0 Å². The van der Waals surface area contributed by atoms with Crippen LogP contribution in [0.1, 0.15) is 18.4 Å². The lowest BCUT2D eigenvalue weighted by Crippen LogP contribution is -2.57. The summed E-state index contributed by atoms with van der Waals surface area (Å²) >= 11 is 0. The molecule has 10 heteroatoms. The molecule has 0 radical (unpaired) electrons. The molecule has 1 amide bonds. The summed E-state index contributed by atoms with van der Waals surface area (Å²) in [6, 6.07) is 3.72. The highest BCUT2D eigenvalue weighted by Crippen LogP contribution is 2.32. The predicted molar refractivity (Wildman–Crippen MR) is 77.4 cm³/mol. The first kappa shape index (κ1) is 17.0. The SMILES string of the molecule is O=C1NCC2CCC1N2S(=O)(=O)Cc1ccc(OC(F)(F)F)cc1. The van der Waals surface area contributed by atoms with Crippen LogP contribution in [0.15, 0.2) is 24.3 Å². The van der Waals surface area contributed by atoms with Gasteiger partial charge in [0.05, 0.1) is 5.75 Å². The molecule has 2 aliphatic rings. The van der Waals surface area contributed by atoms with E-state index in [4.69, 9.17) is 0 Å². The second-order valence-electron chi connectivity index (χ2n) is 5.77. The van der Waals surface area contributed by atoms with E-state index >= 15 is 0 Å². The maximum absolute atomic E-state index is 12.6. The van der Waals surface area contributed by atoms with Gasteiger partial charge >= 0.3 is 6.36 Å². The van der Waals surface area contributed by atoms with Crippen molar-refractivity contribution in [3.63, 3.8) is 0 Å². The number of nitrogens with one attached hydrogen (secondary N) is 1. The lowest BCUT2D eigenvalue weighted by atomic mass is 10.2. The van der Waals surface area contributed by atoms with Gasteiger partial charge in [0.25, 0.3) is 0 Å². The van der Waals surface area contributed by atoms with Crippen molar-refractivity contribution in [2.24, 2.45) is 0 Å². The molecule has 3 rings (SSSR count). The minimum absolute atomic E-state index is 0.259. The molecular formula is C14H15F3N2O4S. The second-order valence-corrected chi connectivity index (χ2v) is 7.64. The van der Waals surface area contributed by atoms with Crippen molar-refractivity contribution >= 4 is 15.9 Å². The van der Waals surface area contributed by atoms with Gasteiger partial charge in [-0.3, -0.25) is 4.79 Å². The van der Waals surface area contributed by atoms with Crippen LogP contribution in [0.5, 0.6) is 5.75 Å². The average Bonchev–Trinajstić information content (AvgIpc) is 2.82. The summed E-state index contributed by atoms with van der Waals surface area (Å²) in [6.45, 7) is 0.285. The molecule has 0 aliphatic carbocycles. The van der Waals surface area contributed by atoms with E-state index in [0.29, 0.717) is 18.4 Å². The number of alkyl halides is 3. The third-order valence-corrected chi connectivity index (χ3v) is 5.98. The summed E-state index contributed by atoms with van der Waals surface area (Å²) in [6.07, 6.45) is -3.71. The van der Waals surface area contributed by atoms with Crippen molar-refractivity contribution in [2.75, 3.05) is 6.54 Å². The summed E-state index contributed by atoms with van der Waals surface area (Å²) < 4.78 is 66.6. The van der Waals surface area contributed by atoms with Crippen LogP contribution in [0.25, 0.3) is 0 Å². The molecule has 132 valence electrons. The largest absolute Gasteiger partial charge is 0.573 e. The second kappa shape index (κ2) is 5.92. The van der Waals surface area contributed by atoms with Gasteiger partial charge < -0.3 is 10.1 Å². The van der Waals surface area contributed by atoms with Gasteiger partial charge in [-0.05, 0) is 30.5 Å². The summed E-state index contributed by atoms with van der Waals surface area (Å²) in [5, 5.41) is 2.67. The Morgan fingerprint density at radius 3 is 2.50 bits per heavy atom. The zero-order chi connectivity index (χ0) is 17.5. The van der Waals surface area contributed by atoms with Crippen LogP contribution in [-0.4, -0.2) is 43.6 Å². The number of halogens is 3. The van der Waals surface area contributed by atoms with Gasteiger partial charge in [0.2, 0.25) is 15.9 Å². The van der Waals surface area contributed by atoms with Gasteiger partial charge in [-0.1, -0.05) is 12.1 Å². The molecular weight excluding hydrogens is 349 g/mol. The summed E-state index contributed by atoms with van der Waals surface area (Å²) in [5.41, 5.74) is 0.329. The van der Waals surface area contributed by atoms with Gasteiger partial charge in [-0.2, -0.15) is 4.31 Å². The normalized spacial score (nSPS) is 24.7. The van der Waals surface area contributed by atoms with Crippen LogP contribution in [0.2, 0.25) is 0 Å². The molecule has 2 atom stereocenters. The highest BCUT2D eigenvalue weighted by Gasteiger charge is 2.47. The number of sulfonamides is 1. The number of amides is 1. The van der Waals surface area contributed by atoms with E-state index < -0.39 is 28.2 Å². The van der Waals surface area contributed by atoms with E-state index in [0.717, 1.165) is 12.1 Å². The third kappa shape index (κ3) is 3.48. The van der Waals surface area contributed by atoms with Gasteiger partial charge in [-0.15, -0.1) is 13.2 Å². The zero-order valence-electron chi connectivity index (χ0n) is 12.4. The van der Waals surface area contributed by atoms with Crippen molar-refractivity contribution in [1.82, 2.24) is 9.62 Å². The van der Waals surface area contributed by atoms with Crippen LogP contribution in [-0.2, 0) is 20.6 Å². The number of benzene rings is 1. The highest BCUT2D eigenvalue weighted by atomic mass is 32.2. The number of hydrogen-bond acceptors (Lipinski definition) is 4. The lowest BCUT2D eigenvalue weighted by Gasteiger charge is -2.33. The Kier molecular flexibility index (Phi) is 4.20. The summed E-state index contributed by atoms with van der Waals surface area (Å²) in [5.74, 6) is -1.10. The molecule has 0 saturated carbocycles. The fraction of sp³-hybridized carbons (Fsp3) is 0.500. The van der Waals surface area contributed by atoms with Crippen LogP contribution < -0.4 is 10.1 Å². The molecule has 6 nitrogen and oxygen atoms in total. The number of carbonyl (C=O) groups is 1. The molecule has 2 fully saturated rings. The standard InChI is InChI=1S/C14H15F3N2O4S/c15-14(16,17)23-11-4-1-9(2-5-11)8-24(21,22)19-10-3-6-12(19)13(20)18-7-10/h1-2,4-5,10,12H,3,6-8H2,(H,18,20). The highest BCUT2D eigenvalue weighted by molar-refractivity contribution is 7.88. The van der Waals surface area contributed by atoms with Crippen LogP contribution in [0.4, 0.5) is 13.2 Å². The first-order chi connectivity index (χ1) is 11.2. The van der Waals surface area contributed by atoms with E-state index in [2.05, 4.69) is 10.1 Å². The number of ether oxygens (including phenoxy) is 1. The summed E-state index contributed by atoms with van der Waals surface area (Å²) in [4.78, 5) is 11.8. The van der Waals surface area contributed by atoms with E-state index in [1.165, 1.54) is 16.4 Å². The topological polar surface area (TPSA) is 75.7 Å². The number of hydrogen-bond donors (Lipinski definition) is 1. The predicted octanol–water partition coefficient (Wildman–Crippen LogP) is 1.38. The van der Waals surface area contributed by atoms with Gasteiger partial charge in [0.15, 0.2) is 0 Å².